The Kier molecular flexibility index (Phi) is 5.97. The van der Waals surface area contributed by atoms with E-state index in [0.717, 1.165) is 18.6 Å². The van der Waals surface area contributed by atoms with Crippen LogP contribution in [0.25, 0.3) is 0 Å². The van der Waals surface area contributed by atoms with Gasteiger partial charge in [0.25, 0.3) is 0 Å². The number of amides is 2. The molecule has 0 aromatic heterocycles. The first-order valence-corrected chi connectivity index (χ1v) is 10.2. The molecule has 2 saturated heterocycles. The van der Waals surface area contributed by atoms with Crippen LogP contribution in [0.15, 0.2) is 54.6 Å². The van der Waals surface area contributed by atoms with Crippen molar-refractivity contribution in [2.45, 2.75) is 12.8 Å². The van der Waals surface area contributed by atoms with Crippen LogP contribution in [0, 0.1) is 5.92 Å². The molecule has 1 atom stereocenters. The van der Waals surface area contributed by atoms with Crippen molar-refractivity contribution in [3.05, 3.63) is 60.2 Å². The van der Waals surface area contributed by atoms with E-state index in [1.165, 1.54) is 4.90 Å². The monoisotopic (exact) mass is 408 g/mol. The van der Waals surface area contributed by atoms with Crippen molar-refractivity contribution in [1.29, 1.82) is 0 Å². The summed E-state index contributed by atoms with van der Waals surface area (Å²) >= 11 is 0. The second-order valence-electron chi connectivity index (χ2n) is 7.52. The Morgan fingerprint density at radius 1 is 1.00 bits per heavy atom. The number of piperidine rings is 1. The minimum Gasteiger partial charge on any atom is -0.457 e. The Bertz CT molecular complexity index is 913. The van der Waals surface area contributed by atoms with E-state index in [2.05, 4.69) is 0 Å². The van der Waals surface area contributed by atoms with Gasteiger partial charge >= 0.3 is 6.09 Å². The highest BCUT2D eigenvalue weighted by molar-refractivity contribution is 5.98. The van der Waals surface area contributed by atoms with Crippen molar-refractivity contribution in [1.82, 2.24) is 9.80 Å². The Hall–Kier alpha value is -3.35. The third kappa shape index (κ3) is 4.62. The number of benzene rings is 2. The summed E-state index contributed by atoms with van der Waals surface area (Å²) in [5, 5.41) is 0. The molecule has 2 aliphatic heterocycles. The fourth-order valence-corrected chi connectivity index (χ4v) is 3.80. The van der Waals surface area contributed by atoms with E-state index in [0.29, 0.717) is 37.6 Å². The van der Waals surface area contributed by atoms with Crippen molar-refractivity contribution in [2.24, 2.45) is 5.92 Å². The Balaban J connectivity index is 1.35. The molecular formula is C23H24N2O5. The number of nitrogens with zero attached hydrogens (tertiary/aromatic N) is 2. The number of likely N-dealkylation sites (tertiary alicyclic amines) is 1. The summed E-state index contributed by atoms with van der Waals surface area (Å²) in [6.07, 6.45) is 1.06. The number of rotatable bonds is 6. The number of carbonyl (C=O) groups is 3. The maximum atomic E-state index is 13.0. The molecule has 0 aliphatic carbocycles. The molecule has 4 rings (SSSR count). The number of carbonyl (C=O) groups excluding carboxylic acids is 3. The molecule has 7 heteroatoms. The second-order valence-corrected chi connectivity index (χ2v) is 7.52. The molecule has 0 radical (unpaired) electrons. The van der Waals surface area contributed by atoms with Crippen LogP contribution in [0.1, 0.15) is 23.2 Å². The van der Waals surface area contributed by atoms with Gasteiger partial charge in [0.2, 0.25) is 5.91 Å². The highest BCUT2D eigenvalue weighted by atomic mass is 16.6. The number of ether oxygens (including phenoxy) is 2. The number of ketones is 1. The second kappa shape index (κ2) is 8.98. The van der Waals surface area contributed by atoms with Crippen LogP contribution in [0.3, 0.4) is 0 Å². The lowest BCUT2D eigenvalue weighted by molar-refractivity contribution is -0.133. The zero-order valence-electron chi connectivity index (χ0n) is 16.7. The van der Waals surface area contributed by atoms with E-state index in [4.69, 9.17) is 9.47 Å². The summed E-state index contributed by atoms with van der Waals surface area (Å²) < 4.78 is 10.6. The largest absolute Gasteiger partial charge is 0.457 e. The van der Waals surface area contributed by atoms with Crippen molar-refractivity contribution in [3.63, 3.8) is 0 Å². The first-order valence-electron chi connectivity index (χ1n) is 10.2. The van der Waals surface area contributed by atoms with E-state index in [9.17, 15) is 14.4 Å². The van der Waals surface area contributed by atoms with Gasteiger partial charge in [-0.25, -0.2) is 4.79 Å². The topological polar surface area (TPSA) is 76.2 Å². The molecule has 2 aromatic rings. The number of cyclic esters (lactones) is 1. The van der Waals surface area contributed by atoms with Crippen molar-refractivity contribution in [2.75, 3.05) is 32.8 Å². The Labute approximate surface area is 175 Å². The van der Waals surface area contributed by atoms with E-state index in [-0.39, 0.29) is 24.2 Å². The fourth-order valence-electron chi connectivity index (χ4n) is 3.80. The molecular weight excluding hydrogens is 384 g/mol. The van der Waals surface area contributed by atoms with Crippen molar-refractivity contribution >= 4 is 17.8 Å². The molecule has 0 unspecified atom stereocenters. The molecule has 0 spiro atoms. The van der Waals surface area contributed by atoms with E-state index in [1.54, 1.807) is 29.2 Å². The van der Waals surface area contributed by atoms with E-state index >= 15 is 0 Å². The molecule has 2 heterocycles. The predicted molar refractivity (Wildman–Crippen MR) is 110 cm³/mol. The van der Waals surface area contributed by atoms with Crippen molar-refractivity contribution < 1.29 is 23.9 Å². The highest BCUT2D eigenvalue weighted by Gasteiger charge is 2.31. The van der Waals surface area contributed by atoms with Gasteiger partial charge in [-0.3, -0.25) is 14.5 Å². The van der Waals surface area contributed by atoms with Gasteiger partial charge in [0, 0.05) is 24.6 Å². The van der Waals surface area contributed by atoms with Gasteiger partial charge in [-0.2, -0.15) is 0 Å². The minimum absolute atomic E-state index is 0.00522. The first kappa shape index (κ1) is 19.9. The molecule has 0 saturated carbocycles. The Morgan fingerprint density at radius 2 is 1.73 bits per heavy atom. The van der Waals surface area contributed by atoms with Crippen LogP contribution < -0.4 is 4.74 Å². The zero-order chi connectivity index (χ0) is 20.9. The van der Waals surface area contributed by atoms with Crippen LogP contribution in [0.5, 0.6) is 11.5 Å². The van der Waals surface area contributed by atoms with Gasteiger partial charge in [-0.05, 0) is 49.2 Å². The van der Waals surface area contributed by atoms with Gasteiger partial charge in [-0.15, -0.1) is 0 Å². The first-order chi connectivity index (χ1) is 14.6. The number of hydrogen-bond donors (Lipinski definition) is 0. The molecule has 2 aliphatic rings. The summed E-state index contributed by atoms with van der Waals surface area (Å²) in [4.78, 5) is 40.2. The standard InChI is InChI=1S/C23H24N2O5/c26-21(16-25-13-14-29-23(25)28)24-12-4-5-18(15-24)22(27)17-8-10-20(11-9-17)30-19-6-2-1-3-7-19/h1-3,6-11,18H,4-5,12-16H2/t18-/m1/s1. The van der Waals surface area contributed by atoms with Gasteiger partial charge in [-0.1, -0.05) is 18.2 Å². The summed E-state index contributed by atoms with van der Waals surface area (Å²) in [6.45, 7) is 1.73. The maximum Gasteiger partial charge on any atom is 0.410 e. The number of Topliss-reactive ketones (excluding diaryl/α,β-unsaturated/α-hetero) is 1. The molecule has 156 valence electrons. The number of hydrogen-bond acceptors (Lipinski definition) is 5. The molecule has 30 heavy (non-hydrogen) atoms. The normalized spacial score (nSPS) is 18.8. The predicted octanol–water partition coefficient (Wildman–Crippen LogP) is 3.35. The molecule has 0 N–H and O–H groups in total. The quantitative estimate of drug-likeness (QED) is 0.685. The lowest BCUT2D eigenvalue weighted by atomic mass is 9.90. The van der Waals surface area contributed by atoms with Gasteiger partial charge in [0.05, 0.1) is 6.54 Å². The van der Waals surface area contributed by atoms with E-state index < -0.39 is 6.09 Å². The minimum atomic E-state index is -0.453. The van der Waals surface area contributed by atoms with Crippen molar-refractivity contribution in [3.8, 4) is 11.5 Å². The average molecular weight is 408 g/mol. The summed E-state index contributed by atoms with van der Waals surface area (Å²) in [5.41, 5.74) is 0.609. The maximum absolute atomic E-state index is 13.0. The summed E-state index contributed by atoms with van der Waals surface area (Å²) in [7, 11) is 0. The molecule has 0 bridgehead atoms. The van der Waals surface area contributed by atoms with Gasteiger partial charge in [0.1, 0.15) is 24.7 Å². The van der Waals surface area contributed by atoms with Crippen LogP contribution >= 0.6 is 0 Å². The lowest BCUT2D eigenvalue weighted by Gasteiger charge is -2.32. The lowest BCUT2D eigenvalue weighted by Crippen LogP contribution is -2.46. The third-order valence-corrected chi connectivity index (χ3v) is 5.43. The zero-order valence-corrected chi connectivity index (χ0v) is 16.7. The van der Waals surface area contributed by atoms with Gasteiger partial charge < -0.3 is 14.4 Å². The highest BCUT2D eigenvalue weighted by Crippen LogP contribution is 2.25. The summed E-state index contributed by atoms with van der Waals surface area (Å²) in [5.74, 6) is 1.04. The molecule has 2 fully saturated rings. The van der Waals surface area contributed by atoms with Crippen LogP contribution in [0.4, 0.5) is 4.79 Å². The molecule has 2 amide bonds. The fraction of sp³-hybridized carbons (Fsp3) is 0.348. The third-order valence-electron chi connectivity index (χ3n) is 5.43. The Morgan fingerprint density at radius 3 is 2.43 bits per heavy atom. The van der Waals surface area contributed by atoms with Crippen LogP contribution in [-0.4, -0.2) is 60.4 Å². The van der Waals surface area contributed by atoms with E-state index in [1.807, 2.05) is 30.3 Å². The van der Waals surface area contributed by atoms with Gasteiger partial charge in [0.15, 0.2) is 5.78 Å². The number of para-hydroxylation sites is 1. The summed E-state index contributed by atoms with van der Waals surface area (Å²) in [6, 6.07) is 16.6. The SMILES string of the molecule is O=C(c1ccc(Oc2ccccc2)cc1)[C@@H]1CCCN(C(=O)CN2CCOC2=O)C1. The molecule has 7 nitrogen and oxygen atoms in total. The van der Waals surface area contributed by atoms with Crippen LogP contribution in [-0.2, 0) is 9.53 Å². The average Bonchev–Trinajstić information content (AvgIpc) is 3.19. The molecule has 2 aromatic carbocycles. The smallest absolute Gasteiger partial charge is 0.410 e. The van der Waals surface area contributed by atoms with Crippen LogP contribution in [0.2, 0.25) is 0 Å².